The second kappa shape index (κ2) is 11.9. The summed E-state index contributed by atoms with van der Waals surface area (Å²) in [5.41, 5.74) is 5.21. The maximum atomic E-state index is 12.9. The van der Waals surface area contributed by atoms with Crippen LogP contribution in [0.25, 0.3) is 0 Å². The van der Waals surface area contributed by atoms with E-state index in [1.165, 1.54) is 32.1 Å². The first kappa shape index (κ1) is 14.8. The summed E-state index contributed by atoms with van der Waals surface area (Å²) in [4.78, 5) is 0. The second-order valence-electron chi connectivity index (χ2n) is 3.98. The molecule has 0 aromatic rings. The van der Waals surface area contributed by atoms with Gasteiger partial charge in [0.1, 0.15) is 0 Å². The number of unbranched alkanes of at least 4 members (excludes halogenated alkanes) is 6. The number of rotatable bonds is 11. The first-order valence-corrected chi connectivity index (χ1v) is 6.27. The highest BCUT2D eigenvalue weighted by Crippen LogP contribution is 2.11. The van der Waals surface area contributed by atoms with Gasteiger partial charge in [-0.25, -0.2) is 4.39 Å². The fourth-order valence-electron chi connectivity index (χ4n) is 1.54. The van der Waals surface area contributed by atoms with Crippen LogP contribution < -0.4 is 5.73 Å². The lowest BCUT2D eigenvalue weighted by Crippen LogP contribution is -2.14. The van der Waals surface area contributed by atoms with Crippen molar-refractivity contribution in [1.29, 1.82) is 0 Å². The molecule has 2 nitrogen and oxygen atoms in total. The molecule has 0 radical (unpaired) electrons. The van der Waals surface area contributed by atoms with E-state index in [1.54, 1.807) is 0 Å². The van der Waals surface area contributed by atoms with Gasteiger partial charge in [0.05, 0.1) is 6.61 Å². The van der Waals surface area contributed by atoms with Crippen LogP contribution in [0.3, 0.4) is 0 Å². The van der Waals surface area contributed by atoms with Crippen molar-refractivity contribution in [2.24, 2.45) is 5.73 Å². The zero-order valence-electron chi connectivity index (χ0n) is 10.0. The van der Waals surface area contributed by atoms with Gasteiger partial charge < -0.3 is 10.5 Å². The van der Waals surface area contributed by atoms with Gasteiger partial charge >= 0.3 is 0 Å². The molecule has 0 aliphatic carbocycles. The summed E-state index contributed by atoms with van der Waals surface area (Å²) in [5.74, 6) is 0. The zero-order chi connectivity index (χ0) is 11.4. The SMILES string of the molecule is CCCCCCCCCC(F)OCCN. The predicted molar refractivity (Wildman–Crippen MR) is 62.5 cm³/mol. The number of hydrogen-bond donors (Lipinski definition) is 1. The van der Waals surface area contributed by atoms with Crippen molar-refractivity contribution in [1.82, 2.24) is 0 Å². The van der Waals surface area contributed by atoms with Gasteiger partial charge in [-0.3, -0.25) is 0 Å². The number of hydrogen-bond acceptors (Lipinski definition) is 2. The highest BCUT2D eigenvalue weighted by atomic mass is 19.1. The molecule has 2 N–H and O–H groups in total. The van der Waals surface area contributed by atoms with Crippen LogP contribution in [0, 0.1) is 0 Å². The molecular weight excluding hydrogens is 193 g/mol. The van der Waals surface area contributed by atoms with Crippen molar-refractivity contribution in [3.63, 3.8) is 0 Å². The number of halogens is 1. The van der Waals surface area contributed by atoms with Crippen LogP contribution in [-0.4, -0.2) is 19.5 Å². The predicted octanol–water partition coefficient (Wildman–Crippen LogP) is 3.40. The molecule has 0 rings (SSSR count). The van der Waals surface area contributed by atoms with Crippen molar-refractivity contribution < 1.29 is 9.13 Å². The van der Waals surface area contributed by atoms with E-state index < -0.39 is 6.36 Å². The molecular formula is C12H26FNO. The lowest BCUT2D eigenvalue weighted by atomic mass is 10.1. The van der Waals surface area contributed by atoms with Gasteiger partial charge in [0, 0.05) is 13.0 Å². The van der Waals surface area contributed by atoms with Gasteiger partial charge in [-0.15, -0.1) is 0 Å². The molecule has 92 valence electrons. The first-order chi connectivity index (χ1) is 7.31. The molecule has 0 bridgehead atoms. The Morgan fingerprint density at radius 1 is 1.07 bits per heavy atom. The second-order valence-corrected chi connectivity index (χ2v) is 3.98. The van der Waals surface area contributed by atoms with E-state index in [2.05, 4.69) is 6.92 Å². The average Bonchev–Trinajstić information content (AvgIpc) is 2.25. The minimum absolute atomic E-state index is 0.331. The average molecular weight is 219 g/mol. The summed E-state index contributed by atoms with van der Waals surface area (Å²) in [6.45, 7) is 2.94. The van der Waals surface area contributed by atoms with E-state index >= 15 is 0 Å². The Labute approximate surface area is 93.4 Å². The molecule has 0 aromatic heterocycles. The number of alkyl halides is 1. The molecule has 1 unspecified atom stereocenters. The van der Waals surface area contributed by atoms with Crippen LogP contribution in [0.1, 0.15) is 58.3 Å². The molecule has 0 aliphatic rings. The monoisotopic (exact) mass is 219 g/mol. The summed E-state index contributed by atoms with van der Waals surface area (Å²) < 4.78 is 17.8. The standard InChI is InChI=1S/C12H26FNO/c1-2-3-4-5-6-7-8-9-12(13)15-11-10-14/h12H,2-11,14H2,1H3. The Morgan fingerprint density at radius 2 is 1.67 bits per heavy atom. The molecule has 0 heterocycles. The van der Waals surface area contributed by atoms with Crippen LogP contribution in [0.15, 0.2) is 0 Å². The third-order valence-corrected chi connectivity index (χ3v) is 2.45. The molecule has 0 amide bonds. The van der Waals surface area contributed by atoms with Crippen molar-refractivity contribution in [3.05, 3.63) is 0 Å². The molecule has 1 atom stereocenters. The van der Waals surface area contributed by atoms with Gasteiger partial charge in [0.15, 0.2) is 6.36 Å². The zero-order valence-corrected chi connectivity index (χ0v) is 10.0. The van der Waals surface area contributed by atoms with Crippen molar-refractivity contribution in [2.75, 3.05) is 13.2 Å². The Balaban J connectivity index is 3.02. The molecule has 0 spiro atoms. The highest BCUT2D eigenvalue weighted by molar-refractivity contribution is 4.48. The van der Waals surface area contributed by atoms with Crippen molar-refractivity contribution in [2.45, 2.75) is 64.6 Å². The van der Waals surface area contributed by atoms with E-state index in [4.69, 9.17) is 10.5 Å². The van der Waals surface area contributed by atoms with E-state index in [1.807, 2.05) is 0 Å². The molecule has 0 aliphatic heterocycles. The molecule has 0 aromatic carbocycles. The molecule has 3 heteroatoms. The van der Waals surface area contributed by atoms with Crippen LogP contribution in [0.4, 0.5) is 4.39 Å². The first-order valence-electron chi connectivity index (χ1n) is 6.27. The number of nitrogens with two attached hydrogens (primary N) is 1. The van der Waals surface area contributed by atoms with Crippen LogP contribution >= 0.6 is 0 Å². The van der Waals surface area contributed by atoms with Gasteiger partial charge in [0.2, 0.25) is 0 Å². The molecule has 0 fully saturated rings. The topological polar surface area (TPSA) is 35.2 Å². The van der Waals surface area contributed by atoms with E-state index in [9.17, 15) is 4.39 Å². The van der Waals surface area contributed by atoms with Gasteiger partial charge in [-0.05, 0) is 6.42 Å². The van der Waals surface area contributed by atoms with E-state index in [0.717, 1.165) is 12.8 Å². The summed E-state index contributed by atoms with van der Waals surface area (Å²) in [6, 6.07) is 0. The van der Waals surface area contributed by atoms with Gasteiger partial charge in [0.25, 0.3) is 0 Å². The summed E-state index contributed by atoms with van der Waals surface area (Å²) in [6.07, 6.45) is 7.90. The largest absolute Gasteiger partial charge is 0.347 e. The highest BCUT2D eigenvalue weighted by Gasteiger charge is 2.04. The lowest BCUT2D eigenvalue weighted by Gasteiger charge is -2.08. The summed E-state index contributed by atoms with van der Waals surface area (Å²) in [5, 5.41) is 0. The fraction of sp³-hybridized carbons (Fsp3) is 1.00. The third-order valence-electron chi connectivity index (χ3n) is 2.45. The fourth-order valence-corrected chi connectivity index (χ4v) is 1.54. The minimum Gasteiger partial charge on any atom is -0.347 e. The Bertz CT molecular complexity index is 122. The van der Waals surface area contributed by atoms with Gasteiger partial charge in [-0.2, -0.15) is 0 Å². The van der Waals surface area contributed by atoms with Gasteiger partial charge in [-0.1, -0.05) is 45.4 Å². The number of ether oxygens (including phenoxy) is 1. The Kier molecular flexibility index (Phi) is 11.8. The molecule has 15 heavy (non-hydrogen) atoms. The van der Waals surface area contributed by atoms with Crippen molar-refractivity contribution >= 4 is 0 Å². The quantitative estimate of drug-likeness (QED) is 0.540. The lowest BCUT2D eigenvalue weighted by molar-refractivity contribution is -0.0409. The summed E-state index contributed by atoms with van der Waals surface area (Å²) >= 11 is 0. The smallest absolute Gasteiger partial charge is 0.198 e. The van der Waals surface area contributed by atoms with E-state index in [0.29, 0.717) is 19.6 Å². The minimum atomic E-state index is -1.11. The van der Waals surface area contributed by atoms with E-state index in [-0.39, 0.29) is 0 Å². The molecule has 0 saturated carbocycles. The Hall–Kier alpha value is -0.150. The maximum Gasteiger partial charge on any atom is 0.198 e. The van der Waals surface area contributed by atoms with Crippen LogP contribution in [0.5, 0.6) is 0 Å². The van der Waals surface area contributed by atoms with Crippen molar-refractivity contribution in [3.8, 4) is 0 Å². The Morgan fingerprint density at radius 3 is 2.27 bits per heavy atom. The third kappa shape index (κ3) is 11.8. The molecule has 0 saturated heterocycles. The summed E-state index contributed by atoms with van der Waals surface area (Å²) in [7, 11) is 0. The van der Waals surface area contributed by atoms with Crippen LogP contribution in [-0.2, 0) is 4.74 Å². The normalized spacial score (nSPS) is 13.0. The van der Waals surface area contributed by atoms with Crippen LogP contribution in [0.2, 0.25) is 0 Å². The maximum absolute atomic E-state index is 12.9.